The van der Waals surface area contributed by atoms with Crippen LogP contribution in [0.15, 0.2) is 6.07 Å². The highest BCUT2D eigenvalue weighted by Crippen LogP contribution is 2.23. The van der Waals surface area contributed by atoms with Gasteiger partial charge in [0.1, 0.15) is 11.3 Å². The number of H-pyrrole nitrogens is 1. The predicted octanol–water partition coefficient (Wildman–Crippen LogP) is 2.31. The monoisotopic (exact) mass is 216 g/mol. The van der Waals surface area contributed by atoms with Gasteiger partial charge in [0.25, 0.3) is 0 Å². The van der Waals surface area contributed by atoms with Gasteiger partial charge in [0.05, 0.1) is 5.52 Å². The minimum absolute atomic E-state index is 0.152. The summed E-state index contributed by atoms with van der Waals surface area (Å²) < 4.78 is 0. The maximum absolute atomic E-state index is 5.84. The minimum atomic E-state index is 0.152. The molecule has 0 aromatic carbocycles. The average molecular weight is 217 g/mol. The van der Waals surface area contributed by atoms with Crippen LogP contribution in [0.5, 0.6) is 0 Å². The van der Waals surface area contributed by atoms with Gasteiger partial charge in [0.2, 0.25) is 5.28 Å². The first-order valence-electron chi connectivity index (χ1n) is 3.60. The number of anilines is 1. The van der Waals surface area contributed by atoms with Crippen molar-refractivity contribution in [2.75, 3.05) is 12.4 Å². The highest BCUT2D eigenvalue weighted by atomic mass is 35.5. The molecule has 68 valence electrons. The van der Waals surface area contributed by atoms with E-state index in [2.05, 4.69) is 20.3 Å². The van der Waals surface area contributed by atoms with Crippen molar-refractivity contribution in [3.8, 4) is 0 Å². The summed E-state index contributed by atoms with van der Waals surface area (Å²) in [4.78, 5) is 10.8. The molecule has 0 spiro atoms. The third-order valence-corrected chi connectivity index (χ3v) is 2.12. The van der Waals surface area contributed by atoms with Crippen LogP contribution in [0.4, 0.5) is 5.82 Å². The van der Waals surface area contributed by atoms with Crippen LogP contribution in [0.3, 0.4) is 0 Å². The minimum Gasteiger partial charge on any atom is -0.375 e. The van der Waals surface area contributed by atoms with E-state index in [1.807, 2.05) is 6.07 Å². The lowest BCUT2D eigenvalue weighted by Gasteiger charge is -1.92. The maximum Gasteiger partial charge on any atom is 0.224 e. The van der Waals surface area contributed by atoms with Gasteiger partial charge in [-0.3, -0.25) is 0 Å². The summed E-state index contributed by atoms with van der Waals surface area (Å²) in [5.74, 6) is 0.827. The van der Waals surface area contributed by atoms with E-state index < -0.39 is 0 Å². The number of halogens is 2. The Kier molecular flexibility index (Phi) is 2.01. The van der Waals surface area contributed by atoms with Crippen molar-refractivity contribution in [2.45, 2.75) is 0 Å². The number of hydrogen-bond acceptors (Lipinski definition) is 3. The normalized spacial score (nSPS) is 10.7. The predicted molar refractivity (Wildman–Crippen MR) is 53.5 cm³/mol. The highest BCUT2D eigenvalue weighted by Gasteiger charge is 2.07. The highest BCUT2D eigenvalue weighted by molar-refractivity contribution is 6.35. The number of nitrogens with one attached hydrogen (secondary N) is 2. The quantitative estimate of drug-likeness (QED) is 0.569. The molecule has 0 fully saturated rings. The Hall–Kier alpha value is -1.00. The molecular formula is C7H6Cl2N4. The van der Waals surface area contributed by atoms with Gasteiger partial charge in [-0.25, -0.2) is 9.97 Å². The molecule has 2 rings (SSSR count). The molecule has 6 heteroatoms. The Morgan fingerprint density at radius 3 is 2.85 bits per heavy atom. The SMILES string of the molecule is CNc1cc2nc(Cl)nc(Cl)c2[nH]1. The summed E-state index contributed by atoms with van der Waals surface area (Å²) in [5, 5.41) is 3.42. The van der Waals surface area contributed by atoms with E-state index in [4.69, 9.17) is 23.2 Å². The van der Waals surface area contributed by atoms with Crippen LogP contribution in [0.25, 0.3) is 11.0 Å². The molecule has 2 aromatic heterocycles. The molecule has 0 bridgehead atoms. The molecule has 13 heavy (non-hydrogen) atoms. The van der Waals surface area contributed by atoms with E-state index in [1.165, 1.54) is 0 Å². The van der Waals surface area contributed by atoms with E-state index >= 15 is 0 Å². The molecule has 0 radical (unpaired) electrons. The van der Waals surface area contributed by atoms with Crippen molar-refractivity contribution in [1.29, 1.82) is 0 Å². The molecule has 0 amide bonds. The first-order chi connectivity index (χ1) is 6.20. The third-order valence-electron chi connectivity index (χ3n) is 1.68. The van der Waals surface area contributed by atoms with Crippen molar-refractivity contribution in [1.82, 2.24) is 15.0 Å². The maximum atomic E-state index is 5.84. The lowest BCUT2D eigenvalue weighted by Crippen LogP contribution is -1.86. The molecular weight excluding hydrogens is 211 g/mol. The summed E-state index contributed by atoms with van der Waals surface area (Å²) in [6.07, 6.45) is 0. The van der Waals surface area contributed by atoms with Gasteiger partial charge in [-0.05, 0) is 11.6 Å². The smallest absolute Gasteiger partial charge is 0.224 e. The summed E-state index contributed by atoms with van der Waals surface area (Å²) in [6, 6.07) is 1.81. The molecule has 0 aliphatic carbocycles. The summed E-state index contributed by atoms with van der Waals surface area (Å²) in [5.41, 5.74) is 1.39. The number of hydrogen-bond donors (Lipinski definition) is 2. The zero-order valence-electron chi connectivity index (χ0n) is 6.73. The molecule has 0 saturated carbocycles. The fourth-order valence-corrected chi connectivity index (χ4v) is 1.53. The van der Waals surface area contributed by atoms with Gasteiger partial charge in [-0.1, -0.05) is 11.6 Å². The van der Waals surface area contributed by atoms with Crippen molar-refractivity contribution in [3.05, 3.63) is 16.5 Å². The molecule has 2 N–H and O–H groups in total. The molecule has 0 atom stereocenters. The molecule has 0 aliphatic rings. The second-order valence-corrected chi connectivity index (χ2v) is 3.17. The zero-order valence-corrected chi connectivity index (χ0v) is 8.24. The van der Waals surface area contributed by atoms with Crippen LogP contribution >= 0.6 is 23.2 Å². The summed E-state index contributed by atoms with van der Waals surface area (Å²) in [7, 11) is 1.80. The Balaban J connectivity index is 2.75. The van der Waals surface area contributed by atoms with Gasteiger partial charge in [0.15, 0.2) is 5.15 Å². The van der Waals surface area contributed by atoms with E-state index in [-0.39, 0.29) is 5.28 Å². The van der Waals surface area contributed by atoms with Crippen LogP contribution in [-0.4, -0.2) is 22.0 Å². The van der Waals surface area contributed by atoms with Crippen molar-refractivity contribution >= 4 is 40.1 Å². The van der Waals surface area contributed by atoms with Crippen LogP contribution in [0.2, 0.25) is 10.4 Å². The van der Waals surface area contributed by atoms with E-state index in [0.29, 0.717) is 16.2 Å². The number of aromatic nitrogens is 3. The first kappa shape index (κ1) is 8.59. The van der Waals surface area contributed by atoms with Gasteiger partial charge in [-0.2, -0.15) is 0 Å². The largest absolute Gasteiger partial charge is 0.375 e. The van der Waals surface area contributed by atoms with Crippen LogP contribution in [-0.2, 0) is 0 Å². The van der Waals surface area contributed by atoms with E-state index in [9.17, 15) is 0 Å². The van der Waals surface area contributed by atoms with Crippen molar-refractivity contribution in [3.63, 3.8) is 0 Å². The topological polar surface area (TPSA) is 53.6 Å². The van der Waals surface area contributed by atoms with Crippen LogP contribution in [0, 0.1) is 0 Å². The molecule has 4 nitrogen and oxygen atoms in total. The lowest BCUT2D eigenvalue weighted by molar-refractivity contribution is 1.22. The standard InChI is InChI=1S/C7H6Cl2N4/c1-10-4-2-3-5(12-4)6(8)13-7(9)11-3/h2,10,12H,1H3. The van der Waals surface area contributed by atoms with Gasteiger partial charge >= 0.3 is 0 Å². The van der Waals surface area contributed by atoms with Crippen LogP contribution in [0.1, 0.15) is 0 Å². The van der Waals surface area contributed by atoms with E-state index in [0.717, 1.165) is 5.82 Å². The summed E-state index contributed by atoms with van der Waals surface area (Å²) in [6.45, 7) is 0. The van der Waals surface area contributed by atoms with Gasteiger partial charge < -0.3 is 10.3 Å². The fourth-order valence-electron chi connectivity index (χ4n) is 1.09. The van der Waals surface area contributed by atoms with E-state index in [1.54, 1.807) is 7.05 Å². The molecule has 0 saturated heterocycles. The fraction of sp³-hybridized carbons (Fsp3) is 0.143. The van der Waals surface area contributed by atoms with Gasteiger partial charge in [0, 0.05) is 13.1 Å². The Morgan fingerprint density at radius 1 is 1.38 bits per heavy atom. The van der Waals surface area contributed by atoms with Crippen molar-refractivity contribution in [2.24, 2.45) is 0 Å². The Labute approximate surface area is 84.3 Å². The number of fused-ring (bicyclic) bond motifs is 1. The third kappa shape index (κ3) is 1.43. The Morgan fingerprint density at radius 2 is 2.15 bits per heavy atom. The second-order valence-electron chi connectivity index (χ2n) is 2.48. The van der Waals surface area contributed by atoms with Crippen LogP contribution < -0.4 is 5.32 Å². The number of aromatic amines is 1. The van der Waals surface area contributed by atoms with Gasteiger partial charge in [-0.15, -0.1) is 0 Å². The van der Waals surface area contributed by atoms with Crippen molar-refractivity contribution < 1.29 is 0 Å². The zero-order chi connectivity index (χ0) is 9.42. The molecule has 2 heterocycles. The number of nitrogens with zero attached hydrogens (tertiary/aromatic N) is 2. The first-order valence-corrected chi connectivity index (χ1v) is 4.36. The molecule has 0 aliphatic heterocycles. The average Bonchev–Trinajstić information content (AvgIpc) is 2.47. The second kappa shape index (κ2) is 3.05. The molecule has 2 aromatic rings. The Bertz CT molecular complexity index is 451. The summed E-state index contributed by atoms with van der Waals surface area (Å²) >= 11 is 11.5. The number of rotatable bonds is 1. The lowest BCUT2D eigenvalue weighted by atomic mass is 10.5. The molecule has 0 unspecified atom stereocenters.